The molecule has 0 radical (unpaired) electrons. The van der Waals surface area contributed by atoms with Gasteiger partial charge in [0.2, 0.25) is 0 Å². The van der Waals surface area contributed by atoms with Crippen LogP contribution < -0.4 is 5.32 Å². The summed E-state index contributed by atoms with van der Waals surface area (Å²) in [6.07, 6.45) is 9.08. The highest BCUT2D eigenvalue weighted by Crippen LogP contribution is 2.30. The van der Waals surface area contributed by atoms with Crippen molar-refractivity contribution in [1.29, 1.82) is 0 Å². The number of nitrogens with one attached hydrogen (secondary N) is 1. The molecule has 0 saturated carbocycles. The molecule has 2 aliphatic heterocycles. The van der Waals surface area contributed by atoms with Gasteiger partial charge in [-0.05, 0) is 110 Å². The molecule has 0 spiro atoms. The molecule has 3 aromatic rings. The third-order valence-electron chi connectivity index (χ3n) is 11.0. The van der Waals surface area contributed by atoms with Crippen molar-refractivity contribution >= 4 is 17.8 Å². The maximum atomic E-state index is 13.7. The second-order valence-electron chi connectivity index (χ2n) is 15.3. The Bertz CT molecular complexity index is 1890. The summed E-state index contributed by atoms with van der Waals surface area (Å²) in [5.41, 5.74) is 5.26. The number of likely N-dealkylation sites (tertiary alicyclic amines) is 1. The summed E-state index contributed by atoms with van der Waals surface area (Å²) in [6.45, 7) is 6.75. The van der Waals surface area contributed by atoms with Gasteiger partial charge in [0.25, 0.3) is 11.8 Å². The number of allylic oxidation sites excluding steroid dienone is 1. The summed E-state index contributed by atoms with van der Waals surface area (Å²) in [4.78, 5) is 40.0. The molecule has 6 rings (SSSR count). The second kappa shape index (κ2) is 22.0. The average Bonchev–Trinajstić information content (AvgIpc) is 3.24. The Labute approximate surface area is 344 Å². The zero-order valence-corrected chi connectivity index (χ0v) is 33.7. The molecule has 13 heteroatoms. The number of carbonyl (C=O) groups is 3. The number of benzene rings is 3. The predicted octanol–water partition coefficient (Wildman–Crippen LogP) is 8.12. The monoisotopic (exact) mass is 819 g/mol. The first-order valence-electron chi connectivity index (χ1n) is 20.5. The molecule has 2 saturated heterocycles. The van der Waals surface area contributed by atoms with E-state index in [1.807, 2.05) is 90.7 Å². The van der Waals surface area contributed by atoms with Gasteiger partial charge in [0.05, 0.1) is 13.2 Å². The van der Waals surface area contributed by atoms with Crippen LogP contribution in [0.4, 0.5) is 13.2 Å². The van der Waals surface area contributed by atoms with Crippen molar-refractivity contribution in [1.82, 2.24) is 15.1 Å². The number of hydrogen-bond acceptors (Lipinski definition) is 7. The highest BCUT2D eigenvalue weighted by atomic mass is 19.4. The first-order valence-corrected chi connectivity index (χ1v) is 20.5. The number of rotatable bonds is 15. The lowest BCUT2D eigenvalue weighted by atomic mass is 9.87. The van der Waals surface area contributed by atoms with Crippen LogP contribution in [0, 0.1) is 11.8 Å². The van der Waals surface area contributed by atoms with E-state index < -0.39 is 17.9 Å². The van der Waals surface area contributed by atoms with Gasteiger partial charge in [-0.2, -0.15) is 13.2 Å². The number of carboxylic acid groups (broad SMARTS) is 1. The van der Waals surface area contributed by atoms with Crippen LogP contribution in [0.3, 0.4) is 0 Å². The predicted molar refractivity (Wildman–Crippen MR) is 219 cm³/mol. The fraction of sp³-hybridized carbons (Fsp3) is 0.457. The summed E-state index contributed by atoms with van der Waals surface area (Å²) < 4.78 is 43.1. The van der Waals surface area contributed by atoms with Gasteiger partial charge < -0.3 is 34.8 Å². The van der Waals surface area contributed by atoms with Gasteiger partial charge in [-0.15, -0.1) is 0 Å². The molecule has 318 valence electrons. The molecule has 0 bridgehead atoms. The van der Waals surface area contributed by atoms with Crippen molar-refractivity contribution in [3.63, 3.8) is 0 Å². The second-order valence-corrected chi connectivity index (χ2v) is 15.3. The minimum Gasteiger partial charge on any atom is -0.475 e. The third kappa shape index (κ3) is 14.2. The van der Waals surface area contributed by atoms with Crippen LogP contribution in [0.2, 0.25) is 0 Å². The van der Waals surface area contributed by atoms with Crippen LogP contribution in [0.15, 0.2) is 103 Å². The molecule has 1 unspecified atom stereocenters. The number of aliphatic hydroxyl groups is 1. The fourth-order valence-corrected chi connectivity index (χ4v) is 7.73. The standard InChI is InChI=1S/C44H55N3O5.C2HF3O2/c1-2-52-44(50)23-17-41(18-24-44)47(42(48)33-51-32-36-9-4-3-5-10-36)31-37-13-7-14-38(29-37)39-15-8-16-40(30-39)43(49)46-27-21-35(22-28-46)12-6-11-34-19-25-45-26-20-34;3-2(4,5)1(6)7/h3-5,7-10,13-18,23,29-30,34-35,45,50H,2,6,11-12,19-22,24-28,31-33H2,1H3;(H,6,7). The molecule has 1 aliphatic carbocycles. The zero-order chi connectivity index (χ0) is 42.3. The van der Waals surface area contributed by atoms with Gasteiger partial charge in [-0.3, -0.25) is 9.59 Å². The SMILES string of the molecule is CCOC1(O)C=CC(N(Cc2cccc(-c3cccc(C(=O)N4CCC(CCCC5CCNCC5)CC4)c3)c2)C(=O)COCc2ccccc2)=CC1.O=C(O)C(F)(F)F. The molecule has 0 aromatic heterocycles. The van der Waals surface area contributed by atoms with E-state index in [2.05, 4.69) is 11.4 Å². The lowest BCUT2D eigenvalue weighted by molar-refractivity contribution is -0.192. The maximum absolute atomic E-state index is 13.7. The number of ether oxygens (including phenoxy) is 2. The lowest BCUT2D eigenvalue weighted by Crippen LogP contribution is -2.38. The maximum Gasteiger partial charge on any atom is 0.490 e. The first kappa shape index (κ1) is 45.3. The topological polar surface area (TPSA) is 129 Å². The minimum absolute atomic E-state index is 0.0880. The van der Waals surface area contributed by atoms with Crippen LogP contribution in [0.1, 0.15) is 79.8 Å². The van der Waals surface area contributed by atoms with Crippen LogP contribution >= 0.6 is 0 Å². The van der Waals surface area contributed by atoms with Crippen LogP contribution in [0.5, 0.6) is 0 Å². The molecule has 2 fully saturated rings. The number of carbonyl (C=O) groups excluding carboxylic acids is 2. The molecule has 1 atom stereocenters. The number of halogens is 3. The van der Waals surface area contributed by atoms with E-state index in [0.717, 1.165) is 60.0 Å². The van der Waals surface area contributed by atoms with Crippen LogP contribution in [-0.2, 0) is 32.2 Å². The summed E-state index contributed by atoms with van der Waals surface area (Å²) in [7, 11) is 0. The van der Waals surface area contributed by atoms with Gasteiger partial charge in [-0.25, -0.2) is 4.79 Å². The highest BCUT2D eigenvalue weighted by molar-refractivity contribution is 5.95. The summed E-state index contributed by atoms with van der Waals surface area (Å²) in [5.74, 6) is -2.62. The summed E-state index contributed by atoms with van der Waals surface area (Å²) >= 11 is 0. The number of carboxylic acids is 1. The van der Waals surface area contributed by atoms with E-state index in [4.69, 9.17) is 19.4 Å². The van der Waals surface area contributed by atoms with Crippen molar-refractivity contribution in [2.75, 3.05) is 39.4 Å². The third-order valence-corrected chi connectivity index (χ3v) is 11.0. The van der Waals surface area contributed by atoms with Crippen molar-refractivity contribution < 1.29 is 47.2 Å². The lowest BCUT2D eigenvalue weighted by Gasteiger charge is -2.32. The summed E-state index contributed by atoms with van der Waals surface area (Å²) in [6, 6.07) is 25.8. The molecule has 2 heterocycles. The van der Waals surface area contributed by atoms with Crippen LogP contribution in [-0.4, -0.2) is 89.2 Å². The van der Waals surface area contributed by atoms with Crippen molar-refractivity contribution in [2.24, 2.45) is 11.8 Å². The molecule has 3 aromatic carbocycles. The molecule has 3 N–H and O–H groups in total. The molecular formula is C46H56F3N3O7. The smallest absolute Gasteiger partial charge is 0.475 e. The van der Waals surface area contributed by atoms with Gasteiger partial charge in [0.15, 0.2) is 5.79 Å². The Morgan fingerprint density at radius 3 is 2.14 bits per heavy atom. The molecule has 59 heavy (non-hydrogen) atoms. The number of aliphatic carboxylic acids is 1. The Morgan fingerprint density at radius 2 is 1.51 bits per heavy atom. The zero-order valence-electron chi connectivity index (χ0n) is 33.7. The van der Waals surface area contributed by atoms with Crippen LogP contribution in [0.25, 0.3) is 11.1 Å². The van der Waals surface area contributed by atoms with E-state index in [1.54, 1.807) is 17.1 Å². The Kier molecular flexibility index (Phi) is 16.9. The number of piperidine rings is 2. The van der Waals surface area contributed by atoms with Gasteiger partial charge in [0, 0.05) is 37.4 Å². The Hall–Kier alpha value is -4.82. The Morgan fingerprint density at radius 1 is 0.881 bits per heavy atom. The molecule has 2 amide bonds. The first-order chi connectivity index (χ1) is 28.3. The van der Waals surface area contributed by atoms with E-state index in [-0.39, 0.29) is 24.8 Å². The fourth-order valence-electron chi connectivity index (χ4n) is 7.73. The number of amides is 2. The van der Waals surface area contributed by atoms with E-state index in [1.165, 1.54) is 45.2 Å². The number of hydrogen-bond donors (Lipinski definition) is 3. The number of nitrogens with zero attached hydrogens (tertiary/aromatic N) is 2. The molecule has 10 nitrogen and oxygen atoms in total. The normalized spacial score (nSPS) is 18.7. The van der Waals surface area contributed by atoms with Gasteiger partial charge in [0.1, 0.15) is 6.61 Å². The van der Waals surface area contributed by atoms with Gasteiger partial charge >= 0.3 is 12.1 Å². The van der Waals surface area contributed by atoms with Crippen molar-refractivity contribution in [2.45, 2.75) is 83.4 Å². The highest BCUT2D eigenvalue weighted by Gasteiger charge is 2.38. The van der Waals surface area contributed by atoms with Crippen molar-refractivity contribution in [3.05, 3.63) is 119 Å². The molecule has 3 aliphatic rings. The number of alkyl halides is 3. The minimum atomic E-state index is -5.08. The van der Waals surface area contributed by atoms with E-state index in [0.29, 0.717) is 31.0 Å². The average molecular weight is 820 g/mol. The molecular weight excluding hydrogens is 764 g/mol. The Balaban J connectivity index is 0.000000867. The van der Waals surface area contributed by atoms with Crippen molar-refractivity contribution in [3.8, 4) is 11.1 Å². The van der Waals surface area contributed by atoms with E-state index in [9.17, 15) is 27.9 Å². The quantitative estimate of drug-likeness (QED) is 0.131. The largest absolute Gasteiger partial charge is 0.490 e. The van der Waals surface area contributed by atoms with Gasteiger partial charge in [-0.1, -0.05) is 86.0 Å². The summed E-state index contributed by atoms with van der Waals surface area (Å²) in [5, 5.41) is 21.3. The van der Waals surface area contributed by atoms with E-state index >= 15 is 0 Å².